The van der Waals surface area contributed by atoms with Gasteiger partial charge in [0.2, 0.25) is 0 Å². The molecule has 1 saturated carbocycles. The molecule has 12 heavy (non-hydrogen) atoms. The molecule has 1 aliphatic carbocycles. The molecule has 1 fully saturated rings. The molecule has 0 heterocycles. The van der Waals surface area contributed by atoms with Crippen molar-refractivity contribution in [2.75, 3.05) is 5.33 Å². The molecule has 0 saturated heterocycles. The topological polar surface area (TPSA) is 0 Å². The Morgan fingerprint density at radius 1 is 1.17 bits per heavy atom. The highest BCUT2D eigenvalue weighted by molar-refractivity contribution is 9.12. The molecule has 1 rings (SSSR count). The molecule has 1 aliphatic rings. The third-order valence-electron chi connectivity index (χ3n) is 2.39. The summed E-state index contributed by atoms with van der Waals surface area (Å²) in [6.45, 7) is 0. The molecule has 0 aromatic heterocycles. The Hall–Kier alpha value is 1.92. The summed E-state index contributed by atoms with van der Waals surface area (Å²) in [5.74, 6) is 0.822. The lowest BCUT2D eigenvalue weighted by Crippen LogP contribution is -2.30. The fraction of sp³-hybridized carbons (Fsp3) is 1.00. The lowest BCUT2D eigenvalue weighted by molar-refractivity contribution is 0.383. The van der Waals surface area contributed by atoms with Gasteiger partial charge in [-0.25, -0.2) is 0 Å². The van der Waals surface area contributed by atoms with Gasteiger partial charge in [-0.1, -0.05) is 63.7 Å². The van der Waals surface area contributed by atoms with E-state index in [1.54, 1.807) is 0 Å². The molecule has 0 radical (unpaired) electrons. The van der Waals surface area contributed by atoms with E-state index in [2.05, 4.69) is 63.7 Å². The zero-order valence-electron chi connectivity index (χ0n) is 6.65. The summed E-state index contributed by atoms with van der Waals surface area (Å²) >= 11 is 14.6. The Bertz CT molecular complexity index is 139. The van der Waals surface area contributed by atoms with Gasteiger partial charge in [0, 0.05) is 19.8 Å². The lowest BCUT2D eigenvalue weighted by Gasteiger charge is -2.32. The molecule has 4 atom stereocenters. The minimum atomic E-state index is 0.637. The summed E-state index contributed by atoms with van der Waals surface area (Å²) in [5.41, 5.74) is 0. The average Bonchev–Trinajstić information content (AvgIpc) is 2.08. The van der Waals surface area contributed by atoms with Crippen molar-refractivity contribution in [1.29, 1.82) is 0 Å². The molecule has 72 valence electrons. The first-order chi connectivity index (χ1) is 5.65. The van der Waals surface area contributed by atoms with Crippen molar-refractivity contribution < 1.29 is 0 Å². The van der Waals surface area contributed by atoms with E-state index in [4.69, 9.17) is 0 Å². The lowest BCUT2D eigenvalue weighted by atomic mass is 9.87. The highest BCUT2D eigenvalue weighted by atomic mass is 79.9. The Balaban J connectivity index is 2.39. The van der Waals surface area contributed by atoms with Crippen LogP contribution in [0.2, 0.25) is 0 Å². The van der Waals surface area contributed by atoms with E-state index < -0.39 is 0 Å². The van der Waals surface area contributed by atoms with E-state index in [1.807, 2.05) is 0 Å². The van der Waals surface area contributed by atoms with Gasteiger partial charge in [-0.15, -0.1) is 0 Å². The molecular weight excluding hydrogens is 416 g/mol. The van der Waals surface area contributed by atoms with Gasteiger partial charge < -0.3 is 0 Å². The van der Waals surface area contributed by atoms with Gasteiger partial charge in [0.25, 0.3) is 0 Å². The predicted octanol–water partition coefficient (Wildman–Crippen LogP) is 4.47. The summed E-state index contributed by atoms with van der Waals surface area (Å²) < 4.78 is 0. The predicted molar refractivity (Wildman–Crippen MR) is 69.3 cm³/mol. The van der Waals surface area contributed by atoms with Gasteiger partial charge in [0.05, 0.1) is 0 Å². The van der Waals surface area contributed by atoms with Crippen LogP contribution in [0.15, 0.2) is 0 Å². The zero-order valence-corrected chi connectivity index (χ0v) is 13.0. The molecule has 0 aliphatic heterocycles. The SMILES string of the molecule is BrC[C@H](Br)[C@H]1CC[C@H](Br)[C@@H](Br)C1. The van der Waals surface area contributed by atoms with E-state index in [0.717, 1.165) is 11.2 Å². The molecule has 4 heteroatoms. The van der Waals surface area contributed by atoms with Crippen LogP contribution in [-0.4, -0.2) is 19.8 Å². The minimum absolute atomic E-state index is 0.637. The Morgan fingerprint density at radius 2 is 1.83 bits per heavy atom. The van der Waals surface area contributed by atoms with E-state index in [9.17, 15) is 0 Å². The minimum Gasteiger partial charge on any atom is -0.0916 e. The first-order valence-corrected chi connectivity index (χ1v) is 8.00. The molecule has 0 aromatic carbocycles. The van der Waals surface area contributed by atoms with Gasteiger partial charge in [-0.2, -0.15) is 0 Å². The van der Waals surface area contributed by atoms with Crippen LogP contribution < -0.4 is 0 Å². The summed E-state index contributed by atoms with van der Waals surface area (Å²) in [4.78, 5) is 1.96. The Labute approximate surface area is 108 Å². The quantitative estimate of drug-likeness (QED) is 0.570. The third kappa shape index (κ3) is 3.25. The van der Waals surface area contributed by atoms with Crippen LogP contribution >= 0.6 is 63.7 Å². The van der Waals surface area contributed by atoms with E-state index in [0.29, 0.717) is 14.5 Å². The van der Waals surface area contributed by atoms with Crippen molar-refractivity contribution in [3.05, 3.63) is 0 Å². The van der Waals surface area contributed by atoms with Crippen LogP contribution in [0.5, 0.6) is 0 Å². The van der Waals surface area contributed by atoms with Crippen molar-refractivity contribution in [3.8, 4) is 0 Å². The van der Waals surface area contributed by atoms with E-state index in [-0.39, 0.29) is 0 Å². The third-order valence-corrected chi connectivity index (χ3v) is 7.85. The van der Waals surface area contributed by atoms with Gasteiger partial charge in [-0.05, 0) is 25.2 Å². The first kappa shape index (κ1) is 12.0. The van der Waals surface area contributed by atoms with Crippen molar-refractivity contribution in [1.82, 2.24) is 0 Å². The summed E-state index contributed by atoms with van der Waals surface area (Å²) in [5, 5.41) is 1.06. The number of hydrogen-bond acceptors (Lipinski definition) is 0. The zero-order chi connectivity index (χ0) is 9.14. The van der Waals surface area contributed by atoms with Crippen molar-refractivity contribution in [3.63, 3.8) is 0 Å². The molecule has 0 bridgehead atoms. The Morgan fingerprint density at radius 3 is 2.33 bits per heavy atom. The maximum absolute atomic E-state index is 3.71. The second kappa shape index (κ2) is 5.72. The van der Waals surface area contributed by atoms with E-state index >= 15 is 0 Å². The molecule has 0 amide bonds. The maximum Gasteiger partial charge on any atom is 0.0274 e. The average molecular weight is 428 g/mol. The van der Waals surface area contributed by atoms with Gasteiger partial charge in [0.15, 0.2) is 0 Å². The number of rotatable bonds is 2. The van der Waals surface area contributed by atoms with Crippen molar-refractivity contribution in [2.24, 2.45) is 5.92 Å². The normalized spacial score (nSPS) is 39.5. The van der Waals surface area contributed by atoms with Gasteiger partial charge in [0.1, 0.15) is 0 Å². The molecule has 0 nitrogen and oxygen atoms in total. The van der Waals surface area contributed by atoms with Gasteiger partial charge in [-0.3, -0.25) is 0 Å². The highest BCUT2D eigenvalue weighted by Gasteiger charge is 2.30. The van der Waals surface area contributed by atoms with Crippen molar-refractivity contribution in [2.45, 2.75) is 33.7 Å². The van der Waals surface area contributed by atoms with Gasteiger partial charge >= 0.3 is 0 Å². The van der Waals surface area contributed by atoms with Crippen LogP contribution in [0.4, 0.5) is 0 Å². The fourth-order valence-electron chi connectivity index (χ4n) is 1.56. The Kier molecular flexibility index (Phi) is 5.71. The molecule has 0 spiro atoms. The van der Waals surface area contributed by atoms with E-state index in [1.165, 1.54) is 19.3 Å². The number of hydrogen-bond donors (Lipinski definition) is 0. The highest BCUT2D eigenvalue weighted by Crippen LogP contribution is 2.37. The smallest absolute Gasteiger partial charge is 0.0274 e. The molecule has 0 unspecified atom stereocenters. The number of halogens is 4. The standard InChI is InChI=1S/C8H12Br4/c9-4-8(12)5-1-2-6(10)7(11)3-5/h5-8H,1-4H2/t5-,6-,7-,8-/m0/s1. The fourth-order valence-corrected chi connectivity index (χ4v) is 3.80. The second-order valence-electron chi connectivity index (χ2n) is 3.28. The summed E-state index contributed by atoms with van der Waals surface area (Å²) in [6.07, 6.45) is 3.90. The second-order valence-corrected chi connectivity index (χ2v) is 7.45. The maximum atomic E-state index is 3.71. The van der Waals surface area contributed by atoms with Crippen LogP contribution in [0.25, 0.3) is 0 Å². The largest absolute Gasteiger partial charge is 0.0916 e. The molecular formula is C8H12Br4. The van der Waals surface area contributed by atoms with Crippen molar-refractivity contribution >= 4 is 63.7 Å². The summed E-state index contributed by atoms with van der Waals surface area (Å²) in [6, 6.07) is 0. The van der Waals surface area contributed by atoms with Crippen LogP contribution in [0.3, 0.4) is 0 Å². The van der Waals surface area contributed by atoms with Crippen LogP contribution in [0, 0.1) is 5.92 Å². The van der Waals surface area contributed by atoms with Crippen LogP contribution in [0.1, 0.15) is 19.3 Å². The number of alkyl halides is 4. The monoisotopic (exact) mass is 424 g/mol. The first-order valence-electron chi connectivity index (χ1n) is 4.13. The molecule has 0 N–H and O–H groups in total. The summed E-state index contributed by atoms with van der Waals surface area (Å²) in [7, 11) is 0. The van der Waals surface area contributed by atoms with Crippen LogP contribution in [-0.2, 0) is 0 Å². The molecule has 0 aromatic rings.